The van der Waals surface area contributed by atoms with E-state index in [1.807, 2.05) is 6.07 Å². The summed E-state index contributed by atoms with van der Waals surface area (Å²) in [5.41, 5.74) is 1.73. The third kappa shape index (κ3) is 2.61. The first-order valence-corrected chi connectivity index (χ1v) is 7.84. The summed E-state index contributed by atoms with van der Waals surface area (Å²) in [6.45, 7) is 2.08. The molecule has 2 heterocycles. The highest BCUT2D eigenvalue weighted by Crippen LogP contribution is 2.43. The highest BCUT2D eigenvalue weighted by atomic mass is 19.1. The van der Waals surface area contributed by atoms with Crippen LogP contribution >= 0.6 is 0 Å². The van der Waals surface area contributed by atoms with Gasteiger partial charge >= 0.3 is 0 Å². The molecule has 1 N–H and O–H groups in total. The average Bonchev–Trinajstić information content (AvgIpc) is 3.21. The van der Waals surface area contributed by atoms with Gasteiger partial charge in [0, 0.05) is 11.6 Å². The van der Waals surface area contributed by atoms with Crippen LogP contribution in [0.3, 0.4) is 0 Å². The van der Waals surface area contributed by atoms with Gasteiger partial charge in [0.05, 0.1) is 6.04 Å². The first-order valence-electron chi connectivity index (χ1n) is 7.84. The Labute approximate surface area is 134 Å². The molecule has 0 amide bonds. The van der Waals surface area contributed by atoms with Crippen molar-refractivity contribution in [2.45, 2.75) is 18.9 Å². The SMILES string of the molecule is Oc1cc2c(cc1[C@@H](c1ccc(F)cc1)N1CCCC1)OCO2. The maximum Gasteiger partial charge on any atom is 0.231 e. The van der Waals surface area contributed by atoms with E-state index >= 15 is 0 Å². The zero-order valence-corrected chi connectivity index (χ0v) is 12.7. The summed E-state index contributed by atoms with van der Waals surface area (Å²) in [5, 5.41) is 10.5. The molecular weight excluding hydrogens is 297 g/mol. The molecule has 0 bridgehead atoms. The number of halogens is 1. The van der Waals surface area contributed by atoms with Crippen LogP contribution in [0.1, 0.15) is 30.0 Å². The summed E-state index contributed by atoms with van der Waals surface area (Å²) in [5.74, 6) is 1.12. The van der Waals surface area contributed by atoms with Crippen LogP contribution in [0.4, 0.5) is 4.39 Å². The van der Waals surface area contributed by atoms with Crippen molar-refractivity contribution in [2.75, 3.05) is 19.9 Å². The number of aromatic hydroxyl groups is 1. The van der Waals surface area contributed by atoms with Crippen molar-refractivity contribution >= 4 is 0 Å². The van der Waals surface area contributed by atoms with Crippen LogP contribution in [0.5, 0.6) is 17.2 Å². The van der Waals surface area contributed by atoms with E-state index in [0.717, 1.165) is 37.1 Å². The quantitative estimate of drug-likeness (QED) is 0.942. The Balaban J connectivity index is 1.80. The van der Waals surface area contributed by atoms with Crippen LogP contribution < -0.4 is 9.47 Å². The molecule has 1 saturated heterocycles. The fourth-order valence-electron chi connectivity index (χ4n) is 3.40. The van der Waals surface area contributed by atoms with Crippen LogP contribution in [-0.4, -0.2) is 29.9 Å². The van der Waals surface area contributed by atoms with Gasteiger partial charge in [-0.1, -0.05) is 12.1 Å². The molecule has 0 saturated carbocycles. The molecule has 2 aromatic carbocycles. The average molecular weight is 315 g/mol. The van der Waals surface area contributed by atoms with E-state index in [4.69, 9.17) is 9.47 Å². The Hall–Kier alpha value is -2.27. The molecule has 5 heteroatoms. The van der Waals surface area contributed by atoms with E-state index in [2.05, 4.69) is 4.90 Å². The normalized spacial score (nSPS) is 18.3. The first kappa shape index (κ1) is 14.3. The lowest BCUT2D eigenvalue weighted by Crippen LogP contribution is -2.26. The zero-order chi connectivity index (χ0) is 15.8. The molecule has 0 unspecified atom stereocenters. The van der Waals surface area contributed by atoms with E-state index in [9.17, 15) is 9.50 Å². The maximum absolute atomic E-state index is 13.3. The Morgan fingerprint density at radius 1 is 1.00 bits per heavy atom. The van der Waals surface area contributed by atoms with Crippen LogP contribution in [0.15, 0.2) is 36.4 Å². The molecule has 0 radical (unpaired) electrons. The van der Waals surface area contributed by atoms with Gasteiger partial charge in [0.1, 0.15) is 11.6 Å². The highest BCUT2D eigenvalue weighted by Gasteiger charge is 2.29. The molecule has 0 spiro atoms. The molecule has 0 aliphatic carbocycles. The van der Waals surface area contributed by atoms with Crippen molar-refractivity contribution in [3.63, 3.8) is 0 Å². The fraction of sp³-hybridized carbons (Fsp3) is 0.333. The van der Waals surface area contributed by atoms with Gasteiger partial charge in [-0.3, -0.25) is 4.90 Å². The molecule has 4 nitrogen and oxygen atoms in total. The second-order valence-corrected chi connectivity index (χ2v) is 5.96. The van der Waals surface area contributed by atoms with Crippen molar-refractivity contribution in [3.05, 3.63) is 53.3 Å². The van der Waals surface area contributed by atoms with Gasteiger partial charge in [0.2, 0.25) is 6.79 Å². The van der Waals surface area contributed by atoms with Gasteiger partial charge in [0.15, 0.2) is 11.5 Å². The molecule has 4 rings (SSSR count). The van der Waals surface area contributed by atoms with Crippen molar-refractivity contribution in [1.82, 2.24) is 4.90 Å². The van der Waals surface area contributed by atoms with E-state index in [1.54, 1.807) is 18.2 Å². The van der Waals surface area contributed by atoms with Gasteiger partial charge in [-0.25, -0.2) is 4.39 Å². The minimum absolute atomic E-state index is 0.118. The number of fused-ring (bicyclic) bond motifs is 1. The summed E-state index contributed by atoms with van der Waals surface area (Å²) < 4.78 is 24.1. The number of nitrogens with zero attached hydrogens (tertiary/aromatic N) is 1. The largest absolute Gasteiger partial charge is 0.507 e. The minimum Gasteiger partial charge on any atom is -0.507 e. The van der Waals surface area contributed by atoms with Crippen LogP contribution in [-0.2, 0) is 0 Å². The summed E-state index contributed by atoms with van der Waals surface area (Å²) in [4.78, 5) is 2.31. The first-order chi connectivity index (χ1) is 11.2. The zero-order valence-electron chi connectivity index (χ0n) is 12.7. The highest BCUT2D eigenvalue weighted by molar-refractivity contribution is 5.54. The van der Waals surface area contributed by atoms with E-state index in [1.165, 1.54) is 12.1 Å². The second-order valence-electron chi connectivity index (χ2n) is 5.96. The number of phenols is 1. The number of rotatable bonds is 3. The van der Waals surface area contributed by atoms with Gasteiger partial charge in [-0.15, -0.1) is 0 Å². The Morgan fingerprint density at radius 3 is 2.35 bits per heavy atom. The van der Waals surface area contributed by atoms with Crippen molar-refractivity contribution < 1.29 is 19.0 Å². The monoisotopic (exact) mass is 315 g/mol. The fourth-order valence-corrected chi connectivity index (χ4v) is 3.40. The van der Waals surface area contributed by atoms with Crippen LogP contribution in [0.2, 0.25) is 0 Å². The predicted octanol–water partition coefficient (Wildman–Crippen LogP) is 3.45. The molecule has 2 aliphatic heterocycles. The lowest BCUT2D eigenvalue weighted by atomic mass is 9.96. The van der Waals surface area contributed by atoms with Crippen molar-refractivity contribution in [3.8, 4) is 17.2 Å². The van der Waals surface area contributed by atoms with E-state index in [-0.39, 0.29) is 24.4 Å². The second kappa shape index (κ2) is 5.74. The molecule has 1 fully saturated rings. The Morgan fingerprint density at radius 2 is 1.65 bits per heavy atom. The van der Waals surface area contributed by atoms with Crippen molar-refractivity contribution in [2.24, 2.45) is 0 Å². The topological polar surface area (TPSA) is 41.9 Å². The predicted molar refractivity (Wildman–Crippen MR) is 83.3 cm³/mol. The number of benzene rings is 2. The van der Waals surface area contributed by atoms with Crippen LogP contribution in [0, 0.1) is 5.82 Å². The lowest BCUT2D eigenvalue weighted by Gasteiger charge is -2.29. The molecular formula is C18H18FNO3. The minimum atomic E-state index is -0.260. The molecule has 2 aromatic rings. The molecule has 0 aromatic heterocycles. The number of hydrogen-bond acceptors (Lipinski definition) is 4. The molecule has 2 aliphatic rings. The third-order valence-corrected chi connectivity index (χ3v) is 4.51. The lowest BCUT2D eigenvalue weighted by molar-refractivity contribution is 0.173. The molecule has 120 valence electrons. The summed E-state index contributed by atoms with van der Waals surface area (Å²) >= 11 is 0. The molecule has 23 heavy (non-hydrogen) atoms. The summed E-state index contributed by atoms with van der Waals surface area (Å²) in [6.07, 6.45) is 2.26. The maximum atomic E-state index is 13.3. The number of hydrogen-bond donors (Lipinski definition) is 1. The summed E-state index contributed by atoms with van der Waals surface area (Å²) in [6, 6.07) is 9.80. The number of phenolic OH excluding ortho intramolecular Hbond substituents is 1. The number of ether oxygens (including phenoxy) is 2. The van der Waals surface area contributed by atoms with Gasteiger partial charge in [0.25, 0.3) is 0 Å². The standard InChI is InChI=1S/C18H18FNO3/c19-13-5-3-12(4-6-13)18(20-7-1-2-8-20)14-9-16-17(10-15(14)21)23-11-22-16/h3-6,9-10,18,21H,1-2,7-8,11H2/t18-/m1/s1. The van der Waals surface area contributed by atoms with E-state index < -0.39 is 0 Å². The third-order valence-electron chi connectivity index (χ3n) is 4.51. The number of likely N-dealkylation sites (tertiary alicyclic amines) is 1. The Bertz CT molecular complexity index is 711. The Kier molecular flexibility index (Phi) is 3.58. The van der Waals surface area contributed by atoms with E-state index in [0.29, 0.717) is 11.5 Å². The van der Waals surface area contributed by atoms with Gasteiger partial charge in [-0.05, 0) is 49.7 Å². The van der Waals surface area contributed by atoms with Gasteiger partial charge < -0.3 is 14.6 Å². The van der Waals surface area contributed by atoms with Gasteiger partial charge in [-0.2, -0.15) is 0 Å². The molecule has 1 atom stereocenters. The summed E-state index contributed by atoms with van der Waals surface area (Å²) in [7, 11) is 0. The smallest absolute Gasteiger partial charge is 0.231 e. The van der Waals surface area contributed by atoms with Crippen molar-refractivity contribution in [1.29, 1.82) is 0 Å². The van der Waals surface area contributed by atoms with Crippen LogP contribution in [0.25, 0.3) is 0 Å².